The first-order valence-corrected chi connectivity index (χ1v) is 9.33. The summed E-state index contributed by atoms with van der Waals surface area (Å²) in [4.78, 5) is 9.53. The van der Waals surface area contributed by atoms with E-state index in [4.69, 9.17) is 14.2 Å². The zero-order valence-electron chi connectivity index (χ0n) is 14.7. The van der Waals surface area contributed by atoms with E-state index in [1.807, 2.05) is 18.2 Å². The normalized spacial score (nSPS) is 9.69. The molecule has 0 saturated heterocycles. The second-order valence-electron chi connectivity index (χ2n) is 4.93. The monoisotopic (exact) mass is 374 g/mol. The maximum atomic E-state index is 11.7. The van der Waals surface area contributed by atoms with E-state index in [0.29, 0.717) is 0 Å². The fourth-order valence-corrected chi connectivity index (χ4v) is 2.60. The average Bonchev–Trinajstić information content (AvgIpc) is 2.65. The SMILES string of the molecule is CO.Cc1ccccc1.O=P(O)(Oc1ccccc1)Oc1ccccc1. The van der Waals surface area contributed by atoms with Crippen LogP contribution in [0.3, 0.4) is 0 Å². The minimum Gasteiger partial charge on any atom is -0.400 e. The highest BCUT2D eigenvalue weighted by Gasteiger charge is 2.24. The van der Waals surface area contributed by atoms with Crippen LogP contribution in [-0.4, -0.2) is 17.1 Å². The molecule has 0 aliphatic rings. The van der Waals surface area contributed by atoms with E-state index >= 15 is 0 Å². The van der Waals surface area contributed by atoms with Crippen LogP contribution in [-0.2, 0) is 4.57 Å². The van der Waals surface area contributed by atoms with Gasteiger partial charge in [-0.05, 0) is 31.2 Å². The topological polar surface area (TPSA) is 76.0 Å². The summed E-state index contributed by atoms with van der Waals surface area (Å²) in [6.45, 7) is 2.08. The molecule has 0 fully saturated rings. The summed E-state index contributed by atoms with van der Waals surface area (Å²) in [7, 11) is -3.14. The second-order valence-corrected chi connectivity index (χ2v) is 6.23. The van der Waals surface area contributed by atoms with Gasteiger partial charge in [-0.25, -0.2) is 4.57 Å². The van der Waals surface area contributed by atoms with Gasteiger partial charge < -0.3 is 14.2 Å². The van der Waals surface area contributed by atoms with Gasteiger partial charge in [0.15, 0.2) is 0 Å². The first kappa shape index (κ1) is 21.5. The van der Waals surface area contributed by atoms with Gasteiger partial charge in [-0.1, -0.05) is 72.3 Å². The maximum Gasteiger partial charge on any atom is 0.584 e. The van der Waals surface area contributed by atoms with E-state index in [-0.39, 0.29) is 11.5 Å². The van der Waals surface area contributed by atoms with Crippen molar-refractivity contribution in [1.29, 1.82) is 0 Å². The molecule has 0 saturated carbocycles. The molecule has 0 atom stereocenters. The van der Waals surface area contributed by atoms with Crippen LogP contribution >= 0.6 is 7.82 Å². The van der Waals surface area contributed by atoms with Gasteiger partial charge in [0.1, 0.15) is 11.5 Å². The molecule has 0 spiro atoms. The Hall–Kier alpha value is -2.59. The van der Waals surface area contributed by atoms with Crippen LogP contribution in [0, 0.1) is 6.92 Å². The van der Waals surface area contributed by atoms with Crippen LogP contribution in [0.15, 0.2) is 91.0 Å². The number of benzene rings is 3. The van der Waals surface area contributed by atoms with Crippen LogP contribution in [0.5, 0.6) is 11.5 Å². The number of aliphatic hydroxyl groups is 1. The van der Waals surface area contributed by atoms with Crippen molar-refractivity contribution in [2.75, 3.05) is 7.11 Å². The molecule has 5 nitrogen and oxygen atoms in total. The van der Waals surface area contributed by atoms with Crippen molar-refractivity contribution in [2.45, 2.75) is 6.92 Å². The molecule has 0 aliphatic heterocycles. The van der Waals surface area contributed by atoms with Crippen molar-refractivity contribution in [3.8, 4) is 11.5 Å². The van der Waals surface area contributed by atoms with Crippen molar-refractivity contribution >= 4 is 7.82 Å². The highest BCUT2D eigenvalue weighted by Crippen LogP contribution is 2.44. The molecular weight excluding hydrogens is 351 g/mol. The fraction of sp³-hybridized carbons (Fsp3) is 0.100. The van der Waals surface area contributed by atoms with Crippen molar-refractivity contribution in [3.05, 3.63) is 96.6 Å². The van der Waals surface area contributed by atoms with Crippen LogP contribution < -0.4 is 9.05 Å². The third-order valence-electron chi connectivity index (χ3n) is 2.87. The number of hydrogen-bond donors (Lipinski definition) is 2. The Balaban J connectivity index is 0.000000313. The van der Waals surface area contributed by atoms with Gasteiger partial charge in [-0.2, -0.15) is 0 Å². The van der Waals surface area contributed by atoms with E-state index in [1.54, 1.807) is 60.7 Å². The number of rotatable bonds is 4. The summed E-state index contributed by atoms with van der Waals surface area (Å²) in [5.74, 6) is 0.573. The number of phosphoric acid groups is 1. The molecule has 3 aromatic carbocycles. The van der Waals surface area contributed by atoms with Gasteiger partial charge in [0, 0.05) is 7.11 Å². The predicted molar refractivity (Wildman–Crippen MR) is 103 cm³/mol. The van der Waals surface area contributed by atoms with E-state index < -0.39 is 7.82 Å². The minimum absolute atomic E-state index is 0.286. The van der Waals surface area contributed by atoms with E-state index in [0.717, 1.165) is 7.11 Å². The first-order valence-electron chi connectivity index (χ1n) is 7.84. The smallest absolute Gasteiger partial charge is 0.400 e. The number of aryl methyl sites for hydroxylation is 1. The number of phosphoric ester groups is 1. The quantitative estimate of drug-likeness (QED) is 0.639. The number of para-hydroxylation sites is 2. The Morgan fingerprint density at radius 3 is 1.23 bits per heavy atom. The van der Waals surface area contributed by atoms with E-state index in [9.17, 15) is 9.46 Å². The summed E-state index contributed by atoms with van der Waals surface area (Å²) in [5, 5.41) is 7.00. The Morgan fingerprint density at radius 1 is 0.654 bits per heavy atom. The average molecular weight is 374 g/mol. The molecular formula is C20H23O5P. The molecule has 0 bridgehead atoms. The lowest BCUT2D eigenvalue weighted by Gasteiger charge is -2.13. The van der Waals surface area contributed by atoms with Crippen molar-refractivity contribution in [1.82, 2.24) is 0 Å². The van der Waals surface area contributed by atoms with E-state index in [1.165, 1.54) is 5.56 Å². The summed E-state index contributed by atoms with van der Waals surface area (Å²) in [5.41, 5.74) is 1.32. The largest absolute Gasteiger partial charge is 0.584 e. The zero-order chi connectivity index (χ0) is 19.3. The Labute approximate surface area is 154 Å². The lowest BCUT2D eigenvalue weighted by molar-refractivity contribution is 0.291. The van der Waals surface area contributed by atoms with Gasteiger partial charge in [0.25, 0.3) is 0 Å². The molecule has 0 radical (unpaired) electrons. The van der Waals surface area contributed by atoms with Crippen molar-refractivity contribution in [3.63, 3.8) is 0 Å². The summed E-state index contributed by atoms with van der Waals surface area (Å²) < 4.78 is 21.5. The molecule has 0 heterocycles. The Kier molecular flexibility index (Phi) is 9.80. The van der Waals surface area contributed by atoms with Crippen molar-refractivity contribution < 1.29 is 23.6 Å². The van der Waals surface area contributed by atoms with Crippen LogP contribution in [0.25, 0.3) is 0 Å². The van der Waals surface area contributed by atoms with Crippen LogP contribution in [0.2, 0.25) is 0 Å². The molecule has 138 valence electrons. The summed E-state index contributed by atoms with van der Waals surface area (Å²) >= 11 is 0. The highest BCUT2D eigenvalue weighted by atomic mass is 31.2. The van der Waals surface area contributed by atoms with Crippen LogP contribution in [0.4, 0.5) is 0 Å². The lowest BCUT2D eigenvalue weighted by atomic mass is 10.2. The zero-order valence-corrected chi connectivity index (χ0v) is 15.6. The van der Waals surface area contributed by atoms with Gasteiger partial charge in [-0.15, -0.1) is 0 Å². The standard InChI is InChI=1S/C12H11O4P.C7H8.CH4O/c13-17(14,15-11-7-3-1-4-8-11)16-12-9-5-2-6-10-12;1-7-5-3-2-4-6-7;1-2/h1-10H,(H,13,14);2-6H,1H3;2H,1H3. The minimum atomic E-state index is -4.14. The molecule has 0 aliphatic carbocycles. The molecule has 3 aromatic rings. The van der Waals surface area contributed by atoms with Gasteiger partial charge >= 0.3 is 7.82 Å². The van der Waals surface area contributed by atoms with Crippen LogP contribution in [0.1, 0.15) is 5.56 Å². The molecule has 0 aromatic heterocycles. The molecule has 2 N–H and O–H groups in total. The number of hydrogen-bond acceptors (Lipinski definition) is 4. The third kappa shape index (κ3) is 9.04. The Bertz CT molecular complexity index is 718. The van der Waals surface area contributed by atoms with Crippen molar-refractivity contribution in [2.24, 2.45) is 0 Å². The van der Waals surface area contributed by atoms with Gasteiger partial charge in [-0.3, -0.25) is 4.89 Å². The second kappa shape index (κ2) is 11.9. The molecule has 0 amide bonds. The summed E-state index contributed by atoms with van der Waals surface area (Å²) in [6.07, 6.45) is 0. The molecule has 6 heteroatoms. The summed E-state index contributed by atoms with van der Waals surface area (Å²) in [6, 6.07) is 27.0. The maximum absolute atomic E-state index is 11.7. The highest BCUT2D eigenvalue weighted by molar-refractivity contribution is 7.48. The van der Waals surface area contributed by atoms with Gasteiger partial charge in [0.05, 0.1) is 0 Å². The Morgan fingerprint density at radius 2 is 0.962 bits per heavy atom. The lowest BCUT2D eigenvalue weighted by Crippen LogP contribution is -1.99. The third-order valence-corrected chi connectivity index (χ3v) is 3.75. The molecule has 26 heavy (non-hydrogen) atoms. The molecule has 3 rings (SSSR count). The van der Waals surface area contributed by atoms with E-state index in [2.05, 4.69) is 19.1 Å². The predicted octanol–water partition coefficient (Wildman–Crippen LogP) is 4.85. The number of aliphatic hydroxyl groups excluding tert-OH is 1. The van der Waals surface area contributed by atoms with Gasteiger partial charge in [0.2, 0.25) is 0 Å². The molecule has 0 unspecified atom stereocenters. The fourth-order valence-electron chi connectivity index (χ4n) is 1.78. The first-order chi connectivity index (χ1) is 12.6.